The monoisotopic (exact) mass is 126 g/mol. The molecule has 0 N–H and O–H groups in total. The van der Waals surface area contributed by atoms with E-state index in [4.69, 9.17) is 0 Å². The lowest BCUT2D eigenvalue weighted by Gasteiger charge is -2.27. The summed E-state index contributed by atoms with van der Waals surface area (Å²) in [4.78, 5) is 0. The standard InChI is InChI=1S/C9H18/c1-7(2)8(3)9(4,5)6/h8H,1H2,2-6H3. The van der Waals surface area contributed by atoms with Crippen LogP contribution in [0.4, 0.5) is 0 Å². The molecule has 0 amide bonds. The van der Waals surface area contributed by atoms with Crippen LogP contribution in [0.3, 0.4) is 0 Å². The van der Waals surface area contributed by atoms with Gasteiger partial charge in [0.1, 0.15) is 0 Å². The van der Waals surface area contributed by atoms with Crippen LogP contribution in [0.5, 0.6) is 0 Å². The molecule has 0 rings (SSSR count). The van der Waals surface area contributed by atoms with E-state index in [0.717, 1.165) is 0 Å². The van der Waals surface area contributed by atoms with E-state index >= 15 is 0 Å². The summed E-state index contributed by atoms with van der Waals surface area (Å²) >= 11 is 0. The topological polar surface area (TPSA) is 0 Å². The first kappa shape index (κ1) is 8.74. The molecule has 0 nitrogen and oxygen atoms in total. The molecule has 9 heavy (non-hydrogen) atoms. The Balaban J connectivity index is 4.04. The second-order valence-corrected chi connectivity index (χ2v) is 3.93. The van der Waals surface area contributed by atoms with E-state index in [2.05, 4.69) is 41.2 Å². The van der Waals surface area contributed by atoms with Gasteiger partial charge in [0.05, 0.1) is 0 Å². The predicted octanol–water partition coefficient (Wildman–Crippen LogP) is 3.24. The molecule has 0 radical (unpaired) electrons. The van der Waals surface area contributed by atoms with Gasteiger partial charge in [0.25, 0.3) is 0 Å². The Morgan fingerprint density at radius 2 is 1.67 bits per heavy atom. The molecule has 0 aromatic heterocycles. The van der Waals surface area contributed by atoms with Crippen molar-refractivity contribution in [3.63, 3.8) is 0 Å². The molecule has 0 saturated carbocycles. The van der Waals surface area contributed by atoms with Crippen LogP contribution >= 0.6 is 0 Å². The lowest BCUT2D eigenvalue weighted by Crippen LogP contribution is -2.17. The third kappa shape index (κ3) is 2.69. The van der Waals surface area contributed by atoms with E-state index in [1.807, 2.05) is 0 Å². The first-order valence-electron chi connectivity index (χ1n) is 3.51. The molecule has 1 atom stereocenters. The van der Waals surface area contributed by atoms with Crippen molar-refractivity contribution >= 4 is 0 Å². The molecule has 0 aliphatic heterocycles. The molecule has 0 fully saturated rings. The molecule has 0 spiro atoms. The third-order valence-electron chi connectivity index (χ3n) is 2.04. The van der Waals surface area contributed by atoms with E-state index in [1.54, 1.807) is 0 Å². The maximum atomic E-state index is 3.92. The van der Waals surface area contributed by atoms with Crippen molar-refractivity contribution in [2.75, 3.05) is 0 Å². The highest BCUT2D eigenvalue weighted by Crippen LogP contribution is 2.29. The molecule has 54 valence electrons. The summed E-state index contributed by atoms with van der Waals surface area (Å²) in [6.07, 6.45) is 0. The van der Waals surface area contributed by atoms with Crippen molar-refractivity contribution in [2.45, 2.75) is 34.6 Å². The summed E-state index contributed by atoms with van der Waals surface area (Å²) in [6.45, 7) is 15.0. The Labute approximate surface area is 59.0 Å². The van der Waals surface area contributed by atoms with Crippen LogP contribution in [0.2, 0.25) is 0 Å². The smallest absolute Gasteiger partial charge is 0.0188 e. The highest BCUT2D eigenvalue weighted by molar-refractivity contribution is 4.98. The van der Waals surface area contributed by atoms with Gasteiger partial charge < -0.3 is 0 Å². The molecule has 0 aliphatic rings. The summed E-state index contributed by atoms with van der Waals surface area (Å²) in [5, 5.41) is 0. The van der Waals surface area contributed by atoms with Gasteiger partial charge in [-0.15, -0.1) is 0 Å². The first-order chi connectivity index (χ1) is 3.85. The van der Waals surface area contributed by atoms with Crippen molar-refractivity contribution in [3.05, 3.63) is 12.2 Å². The fourth-order valence-corrected chi connectivity index (χ4v) is 0.739. The van der Waals surface area contributed by atoms with Gasteiger partial charge >= 0.3 is 0 Å². The van der Waals surface area contributed by atoms with Crippen molar-refractivity contribution in [3.8, 4) is 0 Å². The van der Waals surface area contributed by atoms with E-state index in [-0.39, 0.29) is 0 Å². The number of hydrogen-bond donors (Lipinski definition) is 0. The van der Waals surface area contributed by atoms with Crippen LogP contribution in [-0.4, -0.2) is 0 Å². The first-order valence-corrected chi connectivity index (χ1v) is 3.51. The van der Waals surface area contributed by atoms with E-state index in [9.17, 15) is 0 Å². The van der Waals surface area contributed by atoms with Crippen LogP contribution in [0.1, 0.15) is 34.6 Å². The van der Waals surface area contributed by atoms with Gasteiger partial charge in [0.2, 0.25) is 0 Å². The Hall–Kier alpha value is -0.260. The number of allylic oxidation sites excluding steroid dienone is 1. The van der Waals surface area contributed by atoms with Gasteiger partial charge in [0.15, 0.2) is 0 Å². The van der Waals surface area contributed by atoms with Gasteiger partial charge in [-0.25, -0.2) is 0 Å². The van der Waals surface area contributed by atoms with Gasteiger partial charge in [-0.1, -0.05) is 39.8 Å². The van der Waals surface area contributed by atoms with Crippen LogP contribution < -0.4 is 0 Å². The van der Waals surface area contributed by atoms with Crippen molar-refractivity contribution in [2.24, 2.45) is 11.3 Å². The maximum Gasteiger partial charge on any atom is -0.0188 e. The molecule has 0 bridgehead atoms. The Bertz CT molecular complexity index is 104. The minimum absolute atomic E-state index is 0.381. The number of hydrogen-bond acceptors (Lipinski definition) is 0. The zero-order valence-electron chi connectivity index (χ0n) is 7.28. The summed E-state index contributed by atoms with van der Waals surface area (Å²) in [5.74, 6) is 0.623. The average Bonchev–Trinajstić information content (AvgIpc) is 1.62. The quantitative estimate of drug-likeness (QED) is 0.473. The Morgan fingerprint density at radius 3 is 1.67 bits per heavy atom. The summed E-state index contributed by atoms with van der Waals surface area (Å²) < 4.78 is 0. The van der Waals surface area contributed by atoms with Crippen LogP contribution in [0.25, 0.3) is 0 Å². The molecule has 0 heteroatoms. The fraction of sp³-hybridized carbons (Fsp3) is 0.778. The van der Waals surface area contributed by atoms with Crippen molar-refractivity contribution in [1.82, 2.24) is 0 Å². The largest absolute Gasteiger partial charge is 0.0999 e. The highest BCUT2D eigenvalue weighted by atomic mass is 14.2. The van der Waals surface area contributed by atoms with Gasteiger partial charge in [0, 0.05) is 0 Å². The zero-order chi connectivity index (χ0) is 7.65. The predicted molar refractivity (Wildman–Crippen MR) is 43.4 cm³/mol. The van der Waals surface area contributed by atoms with Gasteiger partial charge in [-0.05, 0) is 18.3 Å². The molecular formula is C9H18. The minimum atomic E-state index is 0.381. The lowest BCUT2D eigenvalue weighted by molar-refractivity contribution is 0.301. The van der Waals surface area contributed by atoms with Crippen LogP contribution in [-0.2, 0) is 0 Å². The van der Waals surface area contributed by atoms with Gasteiger partial charge in [-0.3, -0.25) is 0 Å². The van der Waals surface area contributed by atoms with Crippen molar-refractivity contribution in [1.29, 1.82) is 0 Å². The minimum Gasteiger partial charge on any atom is -0.0999 e. The van der Waals surface area contributed by atoms with Gasteiger partial charge in [-0.2, -0.15) is 0 Å². The summed E-state index contributed by atoms with van der Waals surface area (Å²) in [7, 11) is 0. The normalized spacial score (nSPS) is 15.2. The Morgan fingerprint density at radius 1 is 1.33 bits per heavy atom. The molecule has 1 unspecified atom stereocenters. The molecule has 0 aliphatic carbocycles. The fourth-order valence-electron chi connectivity index (χ4n) is 0.739. The zero-order valence-corrected chi connectivity index (χ0v) is 7.28. The SMILES string of the molecule is C=C(C)C(C)C(C)(C)C. The number of rotatable bonds is 1. The highest BCUT2D eigenvalue weighted by Gasteiger charge is 2.19. The van der Waals surface area contributed by atoms with Crippen molar-refractivity contribution < 1.29 is 0 Å². The second kappa shape index (κ2) is 2.55. The molecule has 0 aromatic carbocycles. The lowest BCUT2D eigenvalue weighted by atomic mass is 9.78. The van der Waals surface area contributed by atoms with E-state index in [1.165, 1.54) is 5.57 Å². The maximum absolute atomic E-state index is 3.92. The average molecular weight is 126 g/mol. The summed E-state index contributed by atoms with van der Waals surface area (Å²) in [5.41, 5.74) is 1.66. The third-order valence-corrected chi connectivity index (χ3v) is 2.04. The molecular weight excluding hydrogens is 108 g/mol. The molecule has 0 heterocycles. The van der Waals surface area contributed by atoms with Crippen LogP contribution in [0.15, 0.2) is 12.2 Å². The Kier molecular flexibility index (Phi) is 2.48. The van der Waals surface area contributed by atoms with Crippen LogP contribution in [0, 0.1) is 11.3 Å². The molecule has 0 aromatic rings. The second-order valence-electron chi connectivity index (χ2n) is 3.93. The van der Waals surface area contributed by atoms with E-state index < -0.39 is 0 Å². The molecule has 0 saturated heterocycles. The van der Waals surface area contributed by atoms with E-state index in [0.29, 0.717) is 11.3 Å². The summed E-state index contributed by atoms with van der Waals surface area (Å²) in [6, 6.07) is 0.